The number of ether oxygens (including phenoxy) is 1. The predicted molar refractivity (Wildman–Crippen MR) is 109 cm³/mol. The summed E-state index contributed by atoms with van der Waals surface area (Å²) in [6.07, 6.45) is 0.383. The van der Waals surface area contributed by atoms with Gasteiger partial charge in [-0.2, -0.15) is 0 Å². The van der Waals surface area contributed by atoms with E-state index >= 15 is 0 Å². The van der Waals surface area contributed by atoms with Crippen LogP contribution in [0, 0.1) is 13.8 Å². The smallest absolute Gasteiger partial charge is 0.226 e. The number of nitrogens with zero attached hydrogens (tertiary/aromatic N) is 1. The quantitative estimate of drug-likeness (QED) is 0.786. The number of rotatable bonds is 4. The van der Waals surface area contributed by atoms with E-state index in [4.69, 9.17) is 4.74 Å². The van der Waals surface area contributed by atoms with Crippen LogP contribution in [-0.4, -0.2) is 30.0 Å². The van der Waals surface area contributed by atoms with Crippen molar-refractivity contribution in [3.8, 4) is 17.2 Å². The molecule has 144 valence electrons. The topological polar surface area (TPSA) is 49.8 Å². The van der Waals surface area contributed by atoms with Gasteiger partial charge in [-0.15, -0.1) is 0 Å². The van der Waals surface area contributed by atoms with Crippen molar-refractivity contribution in [2.24, 2.45) is 0 Å². The molecular weight excluding hydrogens is 326 g/mol. The first-order valence-corrected chi connectivity index (χ1v) is 9.14. The number of benzene rings is 2. The SMILES string of the molecule is CC.CC.Cc1cc(CC(=O)N(C)C)cc(C)c1Oc1ccc(O)cc1. The molecule has 2 aromatic carbocycles. The summed E-state index contributed by atoms with van der Waals surface area (Å²) in [6, 6.07) is 10.6. The minimum absolute atomic E-state index is 0.0750. The first-order chi connectivity index (χ1) is 12.4. The standard InChI is InChI=1S/C18H21NO3.2C2H6/c1-12-9-14(11-17(21)19(3)4)10-13(2)18(12)22-16-7-5-15(20)6-8-16;2*1-2/h5-10,20H,11H2,1-4H3;2*1-2H3. The van der Waals surface area contributed by atoms with Gasteiger partial charge in [-0.1, -0.05) is 39.8 Å². The third-order valence-electron chi connectivity index (χ3n) is 3.43. The van der Waals surface area contributed by atoms with Gasteiger partial charge in [0.15, 0.2) is 0 Å². The number of carbonyl (C=O) groups excluding carboxylic acids is 1. The Balaban J connectivity index is 0.00000146. The van der Waals surface area contributed by atoms with Crippen molar-refractivity contribution in [2.45, 2.75) is 48.0 Å². The van der Waals surface area contributed by atoms with Crippen LogP contribution in [0.2, 0.25) is 0 Å². The van der Waals surface area contributed by atoms with Gasteiger partial charge < -0.3 is 14.7 Å². The maximum absolute atomic E-state index is 11.8. The number of hydrogen-bond donors (Lipinski definition) is 1. The van der Waals surface area contributed by atoms with Crippen LogP contribution in [0.4, 0.5) is 0 Å². The molecule has 0 aliphatic carbocycles. The van der Waals surface area contributed by atoms with Gasteiger partial charge in [0.25, 0.3) is 0 Å². The first kappa shape index (κ1) is 23.5. The van der Waals surface area contributed by atoms with E-state index in [2.05, 4.69) is 0 Å². The molecule has 4 heteroatoms. The molecule has 1 N–H and O–H groups in total. The van der Waals surface area contributed by atoms with E-state index in [1.165, 1.54) is 0 Å². The summed E-state index contributed by atoms with van der Waals surface area (Å²) in [5, 5.41) is 9.31. The number of hydrogen-bond acceptors (Lipinski definition) is 3. The van der Waals surface area contributed by atoms with E-state index < -0.39 is 0 Å². The van der Waals surface area contributed by atoms with Crippen LogP contribution in [-0.2, 0) is 11.2 Å². The second-order valence-electron chi connectivity index (χ2n) is 5.62. The average Bonchev–Trinajstić information content (AvgIpc) is 2.63. The van der Waals surface area contributed by atoms with Crippen LogP contribution in [0.15, 0.2) is 36.4 Å². The number of likely N-dealkylation sites (N-methyl/N-ethyl adjacent to an activating group) is 1. The summed E-state index contributed by atoms with van der Waals surface area (Å²) in [7, 11) is 3.51. The van der Waals surface area contributed by atoms with Gasteiger partial charge >= 0.3 is 0 Å². The fourth-order valence-corrected chi connectivity index (χ4v) is 2.27. The van der Waals surface area contributed by atoms with Crippen molar-refractivity contribution in [3.63, 3.8) is 0 Å². The van der Waals surface area contributed by atoms with E-state index in [9.17, 15) is 9.90 Å². The normalized spacial score (nSPS) is 9.23. The van der Waals surface area contributed by atoms with Gasteiger partial charge in [0, 0.05) is 14.1 Å². The molecular formula is C22H33NO3. The zero-order chi connectivity index (χ0) is 20.3. The zero-order valence-corrected chi connectivity index (χ0v) is 17.4. The molecule has 0 unspecified atom stereocenters. The molecule has 0 fully saturated rings. The summed E-state index contributed by atoms with van der Waals surface area (Å²) in [4.78, 5) is 13.4. The highest BCUT2D eigenvalue weighted by molar-refractivity contribution is 5.78. The molecule has 0 aromatic heterocycles. The molecule has 2 aromatic rings. The van der Waals surface area contributed by atoms with Crippen LogP contribution in [0.3, 0.4) is 0 Å². The van der Waals surface area contributed by atoms with Crippen LogP contribution in [0.5, 0.6) is 17.2 Å². The molecule has 0 bridgehead atoms. The summed E-state index contributed by atoms with van der Waals surface area (Å²) < 4.78 is 5.90. The number of phenolic OH excluding ortho intramolecular Hbond substituents is 1. The summed E-state index contributed by atoms with van der Waals surface area (Å²) in [5.74, 6) is 1.73. The first-order valence-electron chi connectivity index (χ1n) is 9.14. The molecule has 4 nitrogen and oxygen atoms in total. The van der Waals surface area contributed by atoms with Gasteiger partial charge in [0.2, 0.25) is 5.91 Å². The van der Waals surface area contributed by atoms with E-state index in [0.29, 0.717) is 12.2 Å². The fraction of sp³-hybridized carbons (Fsp3) is 0.409. The van der Waals surface area contributed by atoms with Gasteiger partial charge in [-0.05, 0) is 54.8 Å². The number of carbonyl (C=O) groups is 1. The highest BCUT2D eigenvalue weighted by Crippen LogP contribution is 2.30. The third kappa shape index (κ3) is 7.18. The largest absolute Gasteiger partial charge is 0.508 e. The Hall–Kier alpha value is -2.49. The minimum Gasteiger partial charge on any atom is -0.508 e. The van der Waals surface area contributed by atoms with E-state index in [1.807, 2.05) is 53.7 Å². The van der Waals surface area contributed by atoms with Gasteiger partial charge in [0.05, 0.1) is 6.42 Å². The zero-order valence-electron chi connectivity index (χ0n) is 17.4. The van der Waals surface area contributed by atoms with Crippen molar-refractivity contribution < 1.29 is 14.6 Å². The molecule has 0 atom stereocenters. The number of aryl methyl sites for hydroxylation is 2. The van der Waals surface area contributed by atoms with Crippen LogP contribution in [0.25, 0.3) is 0 Å². The Morgan fingerprint density at radius 3 is 1.85 bits per heavy atom. The van der Waals surface area contributed by atoms with Crippen molar-refractivity contribution in [2.75, 3.05) is 14.1 Å². The third-order valence-corrected chi connectivity index (χ3v) is 3.43. The fourth-order valence-electron chi connectivity index (χ4n) is 2.27. The molecule has 0 aliphatic heterocycles. The Kier molecular flexibility index (Phi) is 10.8. The highest BCUT2D eigenvalue weighted by Gasteiger charge is 2.11. The Labute approximate surface area is 158 Å². The molecule has 2 rings (SSSR count). The summed E-state index contributed by atoms with van der Waals surface area (Å²) in [5.41, 5.74) is 2.94. The van der Waals surface area contributed by atoms with Gasteiger partial charge in [-0.3, -0.25) is 4.79 Å². The molecule has 0 heterocycles. The van der Waals surface area contributed by atoms with E-state index in [-0.39, 0.29) is 11.7 Å². The van der Waals surface area contributed by atoms with Crippen molar-refractivity contribution >= 4 is 5.91 Å². The van der Waals surface area contributed by atoms with Gasteiger partial charge in [0.1, 0.15) is 17.2 Å². The lowest BCUT2D eigenvalue weighted by molar-refractivity contribution is -0.127. The van der Waals surface area contributed by atoms with Crippen molar-refractivity contribution in [3.05, 3.63) is 53.1 Å². The highest BCUT2D eigenvalue weighted by atomic mass is 16.5. The number of phenols is 1. The Morgan fingerprint density at radius 1 is 0.962 bits per heavy atom. The van der Waals surface area contributed by atoms with E-state index in [1.54, 1.807) is 43.3 Å². The number of aromatic hydroxyl groups is 1. The average molecular weight is 360 g/mol. The minimum atomic E-state index is 0.0750. The summed E-state index contributed by atoms with van der Waals surface area (Å²) in [6.45, 7) is 11.9. The predicted octanol–water partition coefficient (Wildman–Crippen LogP) is 5.48. The van der Waals surface area contributed by atoms with Crippen molar-refractivity contribution in [1.82, 2.24) is 4.90 Å². The van der Waals surface area contributed by atoms with Crippen LogP contribution >= 0.6 is 0 Å². The number of amides is 1. The molecule has 0 spiro atoms. The molecule has 0 radical (unpaired) electrons. The lowest BCUT2D eigenvalue weighted by Crippen LogP contribution is -2.23. The van der Waals surface area contributed by atoms with Crippen LogP contribution in [0.1, 0.15) is 44.4 Å². The molecule has 0 aliphatic rings. The molecule has 1 amide bonds. The van der Waals surface area contributed by atoms with E-state index in [0.717, 1.165) is 22.4 Å². The Morgan fingerprint density at radius 2 is 1.42 bits per heavy atom. The lowest BCUT2D eigenvalue weighted by atomic mass is 10.0. The maximum atomic E-state index is 11.8. The van der Waals surface area contributed by atoms with Crippen LogP contribution < -0.4 is 4.74 Å². The molecule has 0 saturated carbocycles. The van der Waals surface area contributed by atoms with Crippen molar-refractivity contribution in [1.29, 1.82) is 0 Å². The Bertz CT molecular complexity index is 653. The second kappa shape index (κ2) is 12.0. The lowest BCUT2D eigenvalue weighted by Gasteiger charge is -2.15. The maximum Gasteiger partial charge on any atom is 0.226 e. The summed E-state index contributed by atoms with van der Waals surface area (Å²) >= 11 is 0. The molecule has 0 saturated heterocycles. The second-order valence-corrected chi connectivity index (χ2v) is 5.62. The van der Waals surface area contributed by atoms with Gasteiger partial charge in [-0.25, -0.2) is 0 Å². The molecule has 26 heavy (non-hydrogen) atoms. The monoisotopic (exact) mass is 359 g/mol.